The molecule has 0 bridgehead atoms. The van der Waals surface area contributed by atoms with Crippen LogP contribution in [0.2, 0.25) is 0 Å². The smallest absolute Gasteiger partial charge is 0.257 e. The number of aromatic nitrogens is 2. The Morgan fingerprint density at radius 2 is 2.39 bits per heavy atom. The third-order valence-electron chi connectivity index (χ3n) is 4.46. The molecular formula is C13H19N3O2. The van der Waals surface area contributed by atoms with Crippen molar-refractivity contribution in [2.75, 3.05) is 13.1 Å². The van der Waals surface area contributed by atoms with Gasteiger partial charge in [-0.1, -0.05) is 12.8 Å². The number of likely N-dealkylation sites (tertiary alicyclic amines) is 1. The fraction of sp³-hybridized carbons (Fsp3) is 0.692. The van der Waals surface area contributed by atoms with Crippen molar-refractivity contribution in [1.29, 1.82) is 0 Å². The average molecular weight is 249 g/mol. The third-order valence-corrected chi connectivity index (χ3v) is 4.46. The number of nitrogens with zero attached hydrogens (tertiary/aromatic N) is 2. The Bertz CT molecular complexity index is 431. The largest absolute Gasteiger partial charge is 0.389 e. The molecule has 1 aliphatic carbocycles. The quantitative estimate of drug-likeness (QED) is 0.785. The zero-order valence-electron chi connectivity index (χ0n) is 10.4. The second kappa shape index (κ2) is 4.39. The van der Waals surface area contributed by atoms with E-state index in [9.17, 15) is 9.90 Å². The zero-order valence-corrected chi connectivity index (χ0v) is 10.4. The van der Waals surface area contributed by atoms with Gasteiger partial charge in [-0.05, 0) is 19.3 Å². The predicted octanol–water partition coefficient (Wildman–Crippen LogP) is 1.18. The maximum Gasteiger partial charge on any atom is 0.257 e. The number of rotatable bonds is 1. The van der Waals surface area contributed by atoms with Gasteiger partial charge in [-0.2, -0.15) is 5.10 Å². The van der Waals surface area contributed by atoms with Crippen LogP contribution in [0.1, 0.15) is 42.5 Å². The number of carbonyl (C=O) groups excluding carboxylic acids is 1. The van der Waals surface area contributed by atoms with E-state index < -0.39 is 5.60 Å². The number of fused-ring (bicyclic) bond motifs is 1. The lowest BCUT2D eigenvalue weighted by molar-refractivity contribution is -0.0886. The van der Waals surface area contributed by atoms with Gasteiger partial charge in [0.2, 0.25) is 0 Å². The number of hydrogen-bond acceptors (Lipinski definition) is 3. The summed E-state index contributed by atoms with van der Waals surface area (Å²) in [5.74, 6) is 0.271. The van der Waals surface area contributed by atoms with E-state index in [1.54, 1.807) is 12.4 Å². The number of carbonyl (C=O) groups is 1. The van der Waals surface area contributed by atoms with Gasteiger partial charge in [-0.25, -0.2) is 0 Å². The standard InChI is InChI=1S/C13H19N3O2/c17-12(10-7-14-15-8-10)16-6-5-13(18)4-2-1-3-11(13)9-16/h7-8,11,18H,1-6,9H2,(H,14,15). The second-order valence-electron chi connectivity index (χ2n) is 5.53. The Morgan fingerprint density at radius 1 is 1.50 bits per heavy atom. The summed E-state index contributed by atoms with van der Waals surface area (Å²) in [6, 6.07) is 0. The van der Waals surface area contributed by atoms with Crippen molar-refractivity contribution in [2.45, 2.75) is 37.7 Å². The van der Waals surface area contributed by atoms with E-state index >= 15 is 0 Å². The molecule has 0 aromatic carbocycles. The molecule has 2 unspecified atom stereocenters. The highest BCUT2D eigenvalue weighted by molar-refractivity contribution is 5.93. The minimum atomic E-state index is -0.522. The van der Waals surface area contributed by atoms with Crippen LogP contribution in [0.5, 0.6) is 0 Å². The van der Waals surface area contributed by atoms with Crippen molar-refractivity contribution in [1.82, 2.24) is 15.1 Å². The molecule has 0 spiro atoms. The van der Waals surface area contributed by atoms with Gasteiger partial charge >= 0.3 is 0 Å². The Hall–Kier alpha value is -1.36. The molecule has 5 nitrogen and oxygen atoms in total. The first-order valence-corrected chi connectivity index (χ1v) is 6.69. The van der Waals surface area contributed by atoms with Crippen LogP contribution in [0.3, 0.4) is 0 Å². The highest BCUT2D eigenvalue weighted by Gasteiger charge is 2.43. The predicted molar refractivity (Wildman–Crippen MR) is 66.0 cm³/mol. The van der Waals surface area contributed by atoms with Crippen LogP contribution in [-0.2, 0) is 0 Å². The van der Waals surface area contributed by atoms with Crippen LogP contribution in [-0.4, -0.2) is 44.8 Å². The molecule has 18 heavy (non-hydrogen) atoms. The molecule has 2 N–H and O–H groups in total. The van der Waals surface area contributed by atoms with Gasteiger partial charge in [0.15, 0.2) is 0 Å². The molecule has 5 heteroatoms. The molecule has 1 aliphatic heterocycles. The van der Waals surface area contributed by atoms with E-state index in [-0.39, 0.29) is 11.8 Å². The third kappa shape index (κ3) is 1.92. The summed E-state index contributed by atoms with van der Waals surface area (Å²) in [4.78, 5) is 14.1. The summed E-state index contributed by atoms with van der Waals surface area (Å²) < 4.78 is 0. The minimum Gasteiger partial charge on any atom is -0.389 e. The van der Waals surface area contributed by atoms with Crippen LogP contribution in [0.15, 0.2) is 12.4 Å². The summed E-state index contributed by atoms with van der Waals surface area (Å²) in [5, 5.41) is 17.0. The van der Waals surface area contributed by atoms with Crippen molar-refractivity contribution >= 4 is 5.91 Å². The van der Waals surface area contributed by atoms with Crippen LogP contribution in [0.25, 0.3) is 0 Å². The molecule has 1 amide bonds. The lowest BCUT2D eigenvalue weighted by Gasteiger charge is -2.47. The van der Waals surface area contributed by atoms with E-state index in [1.807, 2.05) is 4.90 Å². The van der Waals surface area contributed by atoms with Gasteiger partial charge in [-0.15, -0.1) is 0 Å². The van der Waals surface area contributed by atoms with Crippen LogP contribution in [0.4, 0.5) is 0 Å². The fourth-order valence-corrected chi connectivity index (χ4v) is 3.31. The lowest BCUT2D eigenvalue weighted by Crippen LogP contribution is -2.54. The van der Waals surface area contributed by atoms with Crippen LogP contribution in [0, 0.1) is 5.92 Å². The number of aromatic amines is 1. The average Bonchev–Trinajstić information content (AvgIpc) is 2.90. The Kier molecular flexibility index (Phi) is 2.86. The molecule has 2 fully saturated rings. The zero-order chi connectivity index (χ0) is 12.6. The molecular weight excluding hydrogens is 230 g/mol. The SMILES string of the molecule is O=C(c1cn[nH]c1)N1CCC2(O)CCCCC2C1. The molecule has 0 radical (unpaired) electrons. The van der Waals surface area contributed by atoms with Gasteiger partial charge in [0.05, 0.1) is 17.4 Å². The van der Waals surface area contributed by atoms with Gasteiger partial charge in [0.1, 0.15) is 0 Å². The molecule has 1 saturated carbocycles. The van der Waals surface area contributed by atoms with Crippen molar-refractivity contribution in [3.63, 3.8) is 0 Å². The van der Waals surface area contributed by atoms with Crippen molar-refractivity contribution in [3.05, 3.63) is 18.0 Å². The summed E-state index contributed by atoms with van der Waals surface area (Å²) in [5.41, 5.74) is 0.0852. The second-order valence-corrected chi connectivity index (χ2v) is 5.53. The first-order chi connectivity index (χ1) is 8.69. The van der Waals surface area contributed by atoms with E-state index in [0.717, 1.165) is 19.3 Å². The molecule has 2 aliphatic rings. The highest BCUT2D eigenvalue weighted by atomic mass is 16.3. The minimum absolute atomic E-state index is 0.0244. The lowest BCUT2D eigenvalue weighted by atomic mass is 9.71. The Labute approximate surface area is 106 Å². The van der Waals surface area contributed by atoms with Crippen molar-refractivity contribution < 1.29 is 9.90 Å². The molecule has 1 aromatic rings. The van der Waals surface area contributed by atoms with E-state index in [0.29, 0.717) is 25.1 Å². The number of H-pyrrole nitrogens is 1. The normalized spacial score (nSPS) is 32.1. The Morgan fingerprint density at radius 3 is 3.17 bits per heavy atom. The summed E-state index contributed by atoms with van der Waals surface area (Å²) in [6.45, 7) is 1.33. The van der Waals surface area contributed by atoms with Crippen molar-refractivity contribution in [3.8, 4) is 0 Å². The van der Waals surface area contributed by atoms with E-state index in [2.05, 4.69) is 10.2 Å². The summed E-state index contributed by atoms with van der Waals surface area (Å²) in [6.07, 6.45) is 8.11. The highest BCUT2D eigenvalue weighted by Crippen LogP contribution is 2.39. The molecule has 3 rings (SSSR count). The van der Waals surface area contributed by atoms with Gasteiger partial charge in [0, 0.05) is 25.2 Å². The number of amides is 1. The maximum absolute atomic E-state index is 12.2. The molecule has 98 valence electrons. The summed E-state index contributed by atoms with van der Waals surface area (Å²) in [7, 11) is 0. The van der Waals surface area contributed by atoms with Crippen LogP contribution >= 0.6 is 0 Å². The maximum atomic E-state index is 12.2. The fourth-order valence-electron chi connectivity index (χ4n) is 3.31. The molecule has 2 atom stereocenters. The van der Waals surface area contributed by atoms with Gasteiger partial charge in [-0.3, -0.25) is 9.89 Å². The van der Waals surface area contributed by atoms with Crippen molar-refractivity contribution in [2.24, 2.45) is 5.92 Å². The first-order valence-electron chi connectivity index (χ1n) is 6.69. The van der Waals surface area contributed by atoms with E-state index in [4.69, 9.17) is 0 Å². The monoisotopic (exact) mass is 249 g/mol. The first kappa shape index (κ1) is 11.7. The number of aliphatic hydroxyl groups is 1. The summed E-state index contributed by atoms with van der Waals surface area (Å²) >= 11 is 0. The number of nitrogens with one attached hydrogen (secondary N) is 1. The topological polar surface area (TPSA) is 69.2 Å². The van der Waals surface area contributed by atoms with Gasteiger partial charge in [0.25, 0.3) is 5.91 Å². The van der Waals surface area contributed by atoms with Crippen LogP contribution < -0.4 is 0 Å². The molecule has 2 heterocycles. The molecule has 1 saturated heterocycles. The van der Waals surface area contributed by atoms with E-state index in [1.165, 1.54) is 6.42 Å². The number of piperidine rings is 1. The molecule has 1 aromatic heterocycles. The van der Waals surface area contributed by atoms with Gasteiger partial charge < -0.3 is 10.0 Å². The Balaban J connectivity index is 1.72. The number of hydrogen-bond donors (Lipinski definition) is 2.